The van der Waals surface area contributed by atoms with Gasteiger partial charge in [0.2, 0.25) is 5.91 Å². The molecule has 3 atom stereocenters. The molecule has 1 saturated carbocycles. The van der Waals surface area contributed by atoms with Crippen LogP contribution in [0.25, 0.3) is 0 Å². The first-order valence-electron chi connectivity index (χ1n) is 7.89. The molecule has 2 N–H and O–H groups in total. The van der Waals surface area contributed by atoms with Crippen molar-refractivity contribution in [1.29, 1.82) is 0 Å². The number of hydrogen-bond donors (Lipinski definition) is 2. The number of carboxylic acid groups (broad SMARTS) is 1. The van der Waals surface area contributed by atoms with Gasteiger partial charge in [-0.1, -0.05) is 6.42 Å². The van der Waals surface area contributed by atoms with Gasteiger partial charge < -0.3 is 15.2 Å². The van der Waals surface area contributed by atoms with E-state index >= 15 is 0 Å². The Labute approximate surface area is 125 Å². The third kappa shape index (κ3) is 4.97. The van der Waals surface area contributed by atoms with E-state index < -0.39 is 5.97 Å². The third-order valence-electron chi connectivity index (χ3n) is 4.42. The average Bonchev–Trinajstić information content (AvgIpc) is 2.48. The predicted octanol–water partition coefficient (Wildman–Crippen LogP) is 0.714. The molecule has 0 bridgehead atoms. The highest BCUT2D eigenvalue weighted by Gasteiger charge is 2.31. The van der Waals surface area contributed by atoms with E-state index in [2.05, 4.69) is 10.2 Å². The fourth-order valence-electron chi connectivity index (χ4n) is 3.23. The monoisotopic (exact) mass is 298 g/mol. The molecule has 3 unspecified atom stereocenters. The van der Waals surface area contributed by atoms with E-state index in [0.717, 1.165) is 45.7 Å². The molecule has 1 amide bonds. The van der Waals surface area contributed by atoms with E-state index in [-0.39, 0.29) is 23.8 Å². The van der Waals surface area contributed by atoms with E-state index in [9.17, 15) is 9.59 Å². The lowest BCUT2D eigenvalue weighted by atomic mass is 9.81. The van der Waals surface area contributed by atoms with Crippen LogP contribution in [-0.2, 0) is 14.3 Å². The Bertz CT molecular complexity index is 369. The Kier molecular flexibility index (Phi) is 5.99. The second kappa shape index (κ2) is 7.75. The highest BCUT2D eigenvalue weighted by Crippen LogP contribution is 2.29. The van der Waals surface area contributed by atoms with Gasteiger partial charge >= 0.3 is 5.97 Å². The third-order valence-corrected chi connectivity index (χ3v) is 4.42. The fourth-order valence-corrected chi connectivity index (χ4v) is 3.23. The Morgan fingerprint density at radius 3 is 2.62 bits per heavy atom. The van der Waals surface area contributed by atoms with Crippen LogP contribution in [0.1, 0.15) is 32.6 Å². The van der Waals surface area contributed by atoms with Crippen LogP contribution < -0.4 is 5.32 Å². The van der Waals surface area contributed by atoms with Crippen LogP contribution in [0.4, 0.5) is 0 Å². The molecule has 0 aromatic carbocycles. The van der Waals surface area contributed by atoms with Crippen LogP contribution >= 0.6 is 0 Å². The summed E-state index contributed by atoms with van der Waals surface area (Å²) in [5.74, 6) is -1.26. The maximum Gasteiger partial charge on any atom is 0.306 e. The summed E-state index contributed by atoms with van der Waals surface area (Å²) in [6.45, 7) is 6.15. The van der Waals surface area contributed by atoms with Crippen LogP contribution in [0.3, 0.4) is 0 Å². The lowest BCUT2D eigenvalue weighted by Gasteiger charge is -2.31. The van der Waals surface area contributed by atoms with Crippen molar-refractivity contribution < 1.29 is 19.4 Å². The summed E-state index contributed by atoms with van der Waals surface area (Å²) in [7, 11) is 0. The normalized spacial score (nSPS) is 28.8. The molecule has 2 aliphatic rings. The van der Waals surface area contributed by atoms with Crippen molar-refractivity contribution >= 4 is 11.9 Å². The predicted molar refractivity (Wildman–Crippen MR) is 77.9 cm³/mol. The van der Waals surface area contributed by atoms with Gasteiger partial charge in [-0.15, -0.1) is 0 Å². The van der Waals surface area contributed by atoms with E-state index in [1.54, 1.807) is 0 Å². The molecule has 0 aromatic rings. The van der Waals surface area contributed by atoms with Crippen LogP contribution in [0.2, 0.25) is 0 Å². The smallest absolute Gasteiger partial charge is 0.306 e. The molecule has 2 fully saturated rings. The molecule has 1 heterocycles. The highest BCUT2D eigenvalue weighted by atomic mass is 16.5. The van der Waals surface area contributed by atoms with Gasteiger partial charge in [0.05, 0.1) is 19.1 Å². The maximum atomic E-state index is 12.3. The van der Waals surface area contributed by atoms with Gasteiger partial charge in [0.25, 0.3) is 0 Å². The van der Waals surface area contributed by atoms with Crippen LogP contribution in [-0.4, -0.2) is 60.8 Å². The maximum absolute atomic E-state index is 12.3. The number of carbonyl (C=O) groups excluding carboxylic acids is 1. The van der Waals surface area contributed by atoms with E-state index in [0.29, 0.717) is 12.8 Å². The van der Waals surface area contributed by atoms with Gasteiger partial charge in [-0.25, -0.2) is 0 Å². The number of carbonyl (C=O) groups is 2. The topological polar surface area (TPSA) is 78.9 Å². The summed E-state index contributed by atoms with van der Waals surface area (Å²) < 4.78 is 5.31. The Morgan fingerprint density at radius 1 is 1.29 bits per heavy atom. The highest BCUT2D eigenvalue weighted by molar-refractivity contribution is 5.80. The first-order chi connectivity index (χ1) is 10.1. The van der Waals surface area contributed by atoms with Crippen LogP contribution in [0.15, 0.2) is 0 Å². The number of ether oxygens (including phenoxy) is 1. The molecule has 1 aliphatic carbocycles. The number of aliphatic carboxylic acids is 1. The van der Waals surface area contributed by atoms with Crippen molar-refractivity contribution in [3.8, 4) is 0 Å². The lowest BCUT2D eigenvalue weighted by Crippen LogP contribution is -2.47. The first-order valence-corrected chi connectivity index (χ1v) is 7.89. The second-order valence-electron chi connectivity index (χ2n) is 6.22. The summed E-state index contributed by atoms with van der Waals surface area (Å²) in [5, 5.41) is 12.1. The van der Waals surface area contributed by atoms with Gasteiger partial charge in [-0.05, 0) is 26.2 Å². The van der Waals surface area contributed by atoms with Crippen LogP contribution in [0, 0.1) is 11.8 Å². The van der Waals surface area contributed by atoms with E-state index in [1.807, 2.05) is 6.92 Å². The Hall–Kier alpha value is -1.14. The van der Waals surface area contributed by atoms with Crippen molar-refractivity contribution in [2.24, 2.45) is 11.8 Å². The molecule has 0 aromatic heterocycles. The van der Waals surface area contributed by atoms with Crippen molar-refractivity contribution in [2.75, 3.05) is 32.8 Å². The molecular formula is C15H26N2O4. The number of hydrogen-bond acceptors (Lipinski definition) is 4. The number of carboxylic acids is 1. The zero-order valence-electron chi connectivity index (χ0n) is 12.7. The lowest BCUT2D eigenvalue weighted by molar-refractivity contribution is -0.144. The minimum atomic E-state index is -0.770. The minimum Gasteiger partial charge on any atom is -0.481 e. The molecule has 1 aliphatic heterocycles. The summed E-state index contributed by atoms with van der Waals surface area (Å²) >= 11 is 0. The van der Waals surface area contributed by atoms with Gasteiger partial charge in [0.15, 0.2) is 0 Å². The molecule has 21 heavy (non-hydrogen) atoms. The summed E-state index contributed by atoms with van der Waals surface area (Å²) in [6.07, 6.45) is 2.81. The van der Waals surface area contributed by atoms with Crippen molar-refractivity contribution in [3.05, 3.63) is 0 Å². The molecule has 2 rings (SSSR count). The Morgan fingerprint density at radius 2 is 1.95 bits per heavy atom. The molecule has 0 spiro atoms. The quantitative estimate of drug-likeness (QED) is 0.781. The number of nitrogens with one attached hydrogen (secondary N) is 1. The first kappa shape index (κ1) is 16.2. The van der Waals surface area contributed by atoms with Crippen LogP contribution in [0.5, 0.6) is 0 Å². The second-order valence-corrected chi connectivity index (χ2v) is 6.22. The largest absolute Gasteiger partial charge is 0.481 e. The van der Waals surface area contributed by atoms with Gasteiger partial charge in [-0.2, -0.15) is 0 Å². The standard InChI is InChI=1S/C15H26N2O4/c1-11(10-17-5-7-21-8-6-17)16-14(18)12-3-2-4-13(9-12)15(19)20/h11-13H,2-10H2,1H3,(H,16,18)(H,19,20). The number of nitrogens with zero attached hydrogens (tertiary/aromatic N) is 1. The summed E-state index contributed by atoms with van der Waals surface area (Å²) in [4.78, 5) is 25.6. The minimum absolute atomic E-state index is 0.0155. The van der Waals surface area contributed by atoms with E-state index in [1.165, 1.54) is 0 Å². The number of morpholine rings is 1. The fraction of sp³-hybridized carbons (Fsp3) is 0.867. The molecule has 1 saturated heterocycles. The summed E-state index contributed by atoms with van der Waals surface area (Å²) in [5.41, 5.74) is 0. The molecule has 6 nitrogen and oxygen atoms in total. The van der Waals surface area contributed by atoms with Crippen molar-refractivity contribution in [1.82, 2.24) is 10.2 Å². The van der Waals surface area contributed by atoms with Crippen molar-refractivity contribution in [2.45, 2.75) is 38.6 Å². The number of rotatable bonds is 5. The Balaban J connectivity index is 1.75. The molecule has 0 radical (unpaired) electrons. The van der Waals surface area contributed by atoms with Crippen molar-refractivity contribution in [3.63, 3.8) is 0 Å². The van der Waals surface area contributed by atoms with Gasteiger partial charge in [-0.3, -0.25) is 14.5 Å². The molecule has 120 valence electrons. The SMILES string of the molecule is CC(CN1CCOCC1)NC(=O)C1CCCC(C(=O)O)C1. The van der Waals surface area contributed by atoms with E-state index in [4.69, 9.17) is 9.84 Å². The molecular weight excluding hydrogens is 272 g/mol. The van der Waals surface area contributed by atoms with Gasteiger partial charge in [0, 0.05) is 31.6 Å². The average molecular weight is 298 g/mol. The number of amides is 1. The van der Waals surface area contributed by atoms with Gasteiger partial charge in [0.1, 0.15) is 0 Å². The molecule has 6 heteroatoms. The zero-order chi connectivity index (χ0) is 15.2. The summed E-state index contributed by atoms with van der Waals surface area (Å²) in [6, 6.07) is 0.0841. The zero-order valence-corrected chi connectivity index (χ0v) is 12.7.